The summed E-state index contributed by atoms with van der Waals surface area (Å²) >= 11 is 0. The van der Waals surface area contributed by atoms with Gasteiger partial charge in [0.05, 0.1) is 6.61 Å². The molecule has 2 N–H and O–H groups in total. The van der Waals surface area contributed by atoms with Crippen LogP contribution < -0.4 is 5.32 Å². The van der Waals surface area contributed by atoms with Crippen molar-refractivity contribution in [1.82, 2.24) is 5.32 Å². The average Bonchev–Trinajstić information content (AvgIpc) is 2.18. The number of aliphatic hydroxyl groups excluding tert-OH is 1. The number of nitrogens with one attached hydrogen (secondary N) is 1. The first kappa shape index (κ1) is 10.6. The molecule has 0 spiro atoms. The van der Waals surface area contributed by atoms with Gasteiger partial charge in [0.1, 0.15) is 0 Å². The Balaban J connectivity index is 2.30. The molecule has 1 rings (SSSR count). The lowest BCUT2D eigenvalue weighted by Gasteiger charge is -2.29. The minimum absolute atomic E-state index is 0.196. The van der Waals surface area contributed by atoms with Crippen LogP contribution in [0.15, 0.2) is 0 Å². The first-order chi connectivity index (χ1) is 6.26. The lowest BCUT2D eigenvalue weighted by Crippen LogP contribution is -2.41. The first-order valence-electron chi connectivity index (χ1n) is 5.09. The Hall–Kier alpha value is -0.520. The smallest absolute Gasteiger partial charge is 0.0582 e. The van der Waals surface area contributed by atoms with Crippen LogP contribution in [0.25, 0.3) is 0 Å². The molecule has 0 aromatic heterocycles. The summed E-state index contributed by atoms with van der Waals surface area (Å²) in [6, 6.07) is 0.707. The molecule has 0 aliphatic heterocycles. The van der Waals surface area contributed by atoms with Crippen LogP contribution in [0, 0.1) is 18.3 Å². The standard InChI is InChI=1S/C11H19NO/c1-3-10-5-4-6-11(7-10)12-9(2)8-13/h1,9-13H,4-8H2,2H3/t9-,10?,11?/m1/s1. The molecule has 2 heteroatoms. The Labute approximate surface area is 80.7 Å². The third kappa shape index (κ3) is 3.38. The molecule has 3 atom stereocenters. The summed E-state index contributed by atoms with van der Waals surface area (Å²) in [6.45, 7) is 2.21. The van der Waals surface area contributed by atoms with Crippen molar-refractivity contribution in [2.45, 2.75) is 44.7 Å². The van der Waals surface area contributed by atoms with Gasteiger partial charge in [-0.1, -0.05) is 6.42 Å². The summed E-state index contributed by atoms with van der Waals surface area (Å²) < 4.78 is 0. The van der Waals surface area contributed by atoms with E-state index in [1.165, 1.54) is 19.3 Å². The van der Waals surface area contributed by atoms with E-state index < -0.39 is 0 Å². The molecule has 0 radical (unpaired) electrons. The van der Waals surface area contributed by atoms with Crippen molar-refractivity contribution in [1.29, 1.82) is 0 Å². The predicted molar refractivity (Wildman–Crippen MR) is 54.3 cm³/mol. The Bertz CT molecular complexity index is 185. The number of terminal acetylenes is 1. The van der Waals surface area contributed by atoms with Crippen LogP contribution >= 0.6 is 0 Å². The maximum absolute atomic E-state index is 8.89. The van der Waals surface area contributed by atoms with E-state index in [0.29, 0.717) is 12.0 Å². The second kappa shape index (κ2) is 5.26. The van der Waals surface area contributed by atoms with E-state index in [2.05, 4.69) is 11.2 Å². The maximum atomic E-state index is 8.89. The second-order valence-electron chi connectivity index (χ2n) is 3.98. The van der Waals surface area contributed by atoms with Crippen LogP contribution in [0.2, 0.25) is 0 Å². The highest BCUT2D eigenvalue weighted by atomic mass is 16.3. The van der Waals surface area contributed by atoms with Gasteiger partial charge in [0.15, 0.2) is 0 Å². The van der Waals surface area contributed by atoms with E-state index in [1.54, 1.807) is 0 Å². The molecule has 74 valence electrons. The molecule has 1 aliphatic rings. The zero-order chi connectivity index (χ0) is 9.68. The average molecular weight is 181 g/mol. The van der Waals surface area contributed by atoms with Gasteiger partial charge in [-0.25, -0.2) is 0 Å². The zero-order valence-corrected chi connectivity index (χ0v) is 8.29. The molecular weight excluding hydrogens is 162 g/mol. The van der Waals surface area contributed by atoms with Crippen molar-refractivity contribution in [3.63, 3.8) is 0 Å². The minimum atomic E-state index is 0.196. The van der Waals surface area contributed by atoms with Gasteiger partial charge < -0.3 is 10.4 Å². The minimum Gasteiger partial charge on any atom is -0.395 e. The van der Waals surface area contributed by atoms with Crippen LogP contribution in [0.1, 0.15) is 32.6 Å². The van der Waals surface area contributed by atoms with Crippen molar-refractivity contribution in [2.75, 3.05) is 6.61 Å². The third-order valence-electron chi connectivity index (χ3n) is 2.70. The quantitative estimate of drug-likeness (QED) is 0.640. The maximum Gasteiger partial charge on any atom is 0.0582 e. The van der Waals surface area contributed by atoms with Crippen molar-refractivity contribution in [2.24, 2.45) is 5.92 Å². The zero-order valence-electron chi connectivity index (χ0n) is 8.29. The second-order valence-corrected chi connectivity index (χ2v) is 3.98. The highest BCUT2D eigenvalue weighted by Gasteiger charge is 2.20. The molecule has 2 unspecified atom stereocenters. The van der Waals surface area contributed by atoms with E-state index in [-0.39, 0.29) is 12.6 Å². The molecule has 0 saturated heterocycles. The molecule has 0 heterocycles. The lowest BCUT2D eigenvalue weighted by atomic mass is 9.86. The van der Waals surface area contributed by atoms with Crippen LogP contribution in [0.3, 0.4) is 0 Å². The molecule has 1 saturated carbocycles. The molecule has 0 bridgehead atoms. The van der Waals surface area contributed by atoms with E-state index >= 15 is 0 Å². The molecule has 0 amide bonds. The topological polar surface area (TPSA) is 32.3 Å². The molecule has 13 heavy (non-hydrogen) atoms. The van der Waals surface area contributed by atoms with Crippen molar-refractivity contribution in [3.8, 4) is 12.3 Å². The first-order valence-corrected chi connectivity index (χ1v) is 5.09. The van der Waals surface area contributed by atoms with Gasteiger partial charge in [0.2, 0.25) is 0 Å². The van der Waals surface area contributed by atoms with Gasteiger partial charge in [-0.05, 0) is 26.2 Å². The molecule has 1 aliphatic carbocycles. The van der Waals surface area contributed by atoms with Gasteiger partial charge >= 0.3 is 0 Å². The van der Waals surface area contributed by atoms with Crippen molar-refractivity contribution < 1.29 is 5.11 Å². The largest absolute Gasteiger partial charge is 0.395 e. The van der Waals surface area contributed by atoms with E-state index in [1.807, 2.05) is 6.92 Å². The van der Waals surface area contributed by atoms with Gasteiger partial charge in [0.25, 0.3) is 0 Å². The van der Waals surface area contributed by atoms with Crippen molar-refractivity contribution >= 4 is 0 Å². The fraction of sp³-hybridized carbons (Fsp3) is 0.818. The Morgan fingerprint density at radius 1 is 1.62 bits per heavy atom. The fourth-order valence-corrected chi connectivity index (χ4v) is 1.95. The Morgan fingerprint density at radius 2 is 2.38 bits per heavy atom. The van der Waals surface area contributed by atoms with E-state index in [9.17, 15) is 0 Å². The summed E-state index contributed by atoms with van der Waals surface area (Å²) in [5.74, 6) is 3.26. The van der Waals surface area contributed by atoms with Gasteiger partial charge in [-0.15, -0.1) is 12.3 Å². The van der Waals surface area contributed by atoms with Gasteiger partial charge in [-0.2, -0.15) is 0 Å². The summed E-state index contributed by atoms with van der Waals surface area (Å²) in [6.07, 6.45) is 10.1. The van der Waals surface area contributed by atoms with Crippen LogP contribution in [-0.2, 0) is 0 Å². The van der Waals surface area contributed by atoms with Crippen LogP contribution in [-0.4, -0.2) is 23.8 Å². The third-order valence-corrected chi connectivity index (χ3v) is 2.70. The predicted octanol–water partition coefficient (Wildman–Crippen LogP) is 1.15. The van der Waals surface area contributed by atoms with Crippen LogP contribution in [0.4, 0.5) is 0 Å². The summed E-state index contributed by atoms with van der Waals surface area (Å²) in [5, 5.41) is 12.3. The van der Waals surface area contributed by atoms with E-state index in [0.717, 1.165) is 6.42 Å². The summed E-state index contributed by atoms with van der Waals surface area (Å²) in [7, 11) is 0. The van der Waals surface area contributed by atoms with E-state index in [4.69, 9.17) is 11.5 Å². The normalized spacial score (nSPS) is 30.8. The SMILES string of the molecule is C#CC1CCCC(N[C@H](C)CO)C1. The molecule has 0 aromatic carbocycles. The number of aliphatic hydroxyl groups is 1. The highest BCUT2D eigenvalue weighted by Crippen LogP contribution is 2.23. The number of hydrogen-bond donors (Lipinski definition) is 2. The molecular formula is C11H19NO. The number of rotatable bonds is 3. The fourth-order valence-electron chi connectivity index (χ4n) is 1.95. The molecule has 2 nitrogen and oxygen atoms in total. The highest BCUT2D eigenvalue weighted by molar-refractivity contribution is 4.97. The van der Waals surface area contributed by atoms with Crippen molar-refractivity contribution in [3.05, 3.63) is 0 Å². The monoisotopic (exact) mass is 181 g/mol. The Kier molecular flexibility index (Phi) is 4.27. The number of hydrogen-bond acceptors (Lipinski definition) is 2. The van der Waals surface area contributed by atoms with Crippen LogP contribution in [0.5, 0.6) is 0 Å². The Morgan fingerprint density at radius 3 is 3.00 bits per heavy atom. The summed E-state index contributed by atoms with van der Waals surface area (Å²) in [4.78, 5) is 0. The summed E-state index contributed by atoms with van der Waals surface area (Å²) in [5.41, 5.74) is 0. The van der Waals surface area contributed by atoms with Gasteiger partial charge in [0, 0.05) is 18.0 Å². The van der Waals surface area contributed by atoms with Gasteiger partial charge in [-0.3, -0.25) is 0 Å². The molecule has 0 aromatic rings. The lowest BCUT2D eigenvalue weighted by molar-refractivity contribution is 0.221. The molecule has 1 fully saturated rings.